The van der Waals surface area contributed by atoms with Crippen molar-refractivity contribution in [1.29, 1.82) is 0 Å². The van der Waals surface area contributed by atoms with Gasteiger partial charge in [0.25, 0.3) is 0 Å². The molecule has 0 bridgehead atoms. The first-order chi connectivity index (χ1) is 6.18. The molecule has 1 aromatic rings. The Bertz CT molecular complexity index is 291. The fourth-order valence-corrected chi connectivity index (χ4v) is 2.01. The Morgan fingerprint density at radius 1 is 1.46 bits per heavy atom. The van der Waals surface area contributed by atoms with Gasteiger partial charge in [0.05, 0.1) is 5.02 Å². The Kier molecular flexibility index (Phi) is 2.29. The zero-order chi connectivity index (χ0) is 9.42. The summed E-state index contributed by atoms with van der Waals surface area (Å²) in [6, 6.07) is 3.98. The summed E-state index contributed by atoms with van der Waals surface area (Å²) in [6.45, 7) is 4.56. The maximum atomic E-state index is 5.77. The minimum Gasteiger partial charge on any atom is -0.259 e. The molecule has 1 nitrogen and oxygen atoms in total. The lowest BCUT2D eigenvalue weighted by molar-refractivity contribution is 0.546. The lowest BCUT2D eigenvalue weighted by Crippen LogP contribution is -1.93. The van der Waals surface area contributed by atoms with Gasteiger partial charge in [-0.3, -0.25) is 4.98 Å². The minimum atomic E-state index is 0.692. The van der Waals surface area contributed by atoms with Gasteiger partial charge < -0.3 is 0 Å². The van der Waals surface area contributed by atoms with E-state index in [9.17, 15) is 0 Å². The number of rotatable bonds is 2. The zero-order valence-corrected chi connectivity index (χ0v) is 8.75. The average molecular weight is 196 g/mol. The van der Waals surface area contributed by atoms with Gasteiger partial charge in [0.2, 0.25) is 0 Å². The summed E-state index contributed by atoms with van der Waals surface area (Å²) >= 11 is 5.77. The summed E-state index contributed by atoms with van der Waals surface area (Å²) in [5, 5.41) is 0.727. The Morgan fingerprint density at radius 3 is 2.69 bits per heavy atom. The maximum Gasteiger partial charge on any atom is 0.0589 e. The Morgan fingerprint density at radius 2 is 2.23 bits per heavy atom. The first kappa shape index (κ1) is 9.01. The van der Waals surface area contributed by atoms with Crippen LogP contribution in [0.1, 0.15) is 31.9 Å². The molecule has 0 amide bonds. The third kappa shape index (κ3) is 1.86. The topological polar surface area (TPSA) is 12.9 Å². The van der Waals surface area contributed by atoms with Crippen molar-refractivity contribution < 1.29 is 0 Å². The van der Waals surface area contributed by atoms with Crippen LogP contribution in [0.3, 0.4) is 0 Å². The van der Waals surface area contributed by atoms with Crippen LogP contribution in [0.25, 0.3) is 0 Å². The molecular weight excluding hydrogens is 182 g/mol. The second-order valence-corrected chi connectivity index (χ2v) is 4.59. The molecule has 0 saturated heterocycles. The molecule has 1 aliphatic carbocycles. The van der Waals surface area contributed by atoms with Gasteiger partial charge in [-0.1, -0.05) is 25.4 Å². The zero-order valence-electron chi connectivity index (χ0n) is 8.00. The van der Waals surface area contributed by atoms with Crippen LogP contribution >= 0.6 is 11.6 Å². The average Bonchev–Trinajstić information content (AvgIpc) is 2.85. The monoisotopic (exact) mass is 195 g/mol. The summed E-state index contributed by atoms with van der Waals surface area (Å²) < 4.78 is 0. The second kappa shape index (κ2) is 3.30. The van der Waals surface area contributed by atoms with Crippen LogP contribution in [0, 0.1) is 11.8 Å². The molecule has 2 heteroatoms. The van der Waals surface area contributed by atoms with Crippen molar-refractivity contribution in [3.8, 4) is 0 Å². The van der Waals surface area contributed by atoms with Crippen molar-refractivity contribution in [3.63, 3.8) is 0 Å². The van der Waals surface area contributed by atoms with E-state index in [1.54, 1.807) is 6.20 Å². The summed E-state index contributed by atoms with van der Waals surface area (Å²) in [7, 11) is 0. The molecule has 0 radical (unpaired) electrons. The van der Waals surface area contributed by atoms with Crippen LogP contribution in [0.15, 0.2) is 18.3 Å². The van der Waals surface area contributed by atoms with Crippen LogP contribution < -0.4 is 0 Å². The van der Waals surface area contributed by atoms with Crippen molar-refractivity contribution in [2.45, 2.75) is 26.2 Å². The molecule has 1 aromatic heterocycles. The molecule has 2 atom stereocenters. The molecule has 2 rings (SSSR count). The fourth-order valence-electron chi connectivity index (χ4n) is 1.90. The van der Waals surface area contributed by atoms with Crippen LogP contribution in [-0.2, 0) is 0 Å². The summed E-state index contributed by atoms with van der Waals surface area (Å²) in [4.78, 5) is 4.34. The number of aromatic nitrogens is 1. The molecule has 1 aliphatic rings. The van der Waals surface area contributed by atoms with Crippen molar-refractivity contribution in [1.82, 2.24) is 4.98 Å². The number of hydrogen-bond acceptors (Lipinski definition) is 1. The molecule has 0 N–H and O–H groups in total. The van der Waals surface area contributed by atoms with Gasteiger partial charge >= 0.3 is 0 Å². The molecule has 13 heavy (non-hydrogen) atoms. The summed E-state index contributed by atoms with van der Waals surface area (Å²) in [5.74, 6) is 2.31. The Hall–Kier alpha value is -0.560. The third-order valence-electron chi connectivity index (χ3n) is 2.83. The van der Waals surface area contributed by atoms with Gasteiger partial charge in [-0.15, -0.1) is 0 Å². The van der Waals surface area contributed by atoms with Crippen LogP contribution in [0.5, 0.6) is 0 Å². The van der Waals surface area contributed by atoms with Gasteiger partial charge in [-0.25, -0.2) is 0 Å². The summed E-state index contributed by atoms with van der Waals surface area (Å²) in [6.07, 6.45) is 3.04. The third-order valence-corrected chi connectivity index (χ3v) is 3.05. The Balaban J connectivity index is 2.08. The molecule has 70 valence electrons. The fraction of sp³-hybridized carbons (Fsp3) is 0.545. The van der Waals surface area contributed by atoms with E-state index >= 15 is 0 Å². The highest BCUT2D eigenvalue weighted by molar-refractivity contribution is 6.30. The van der Waals surface area contributed by atoms with E-state index in [2.05, 4.69) is 24.9 Å². The highest BCUT2D eigenvalue weighted by atomic mass is 35.5. The van der Waals surface area contributed by atoms with Gasteiger partial charge in [-0.05, 0) is 30.4 Å². The molecule has 1 saturated carbocycles. The van der Waals surface area contributed by atoms with Crippen molar-refractivity contribution in [3.05, 3.63) is 29.0 Å². The lowest BCUT2D eigenvalue weighted by Gasteiger charge is -2.02. The van der Waals surface area contributed by atoms with Crippen LogP contribution in [0.2, 0.25) is 5.02 Å². The molecular formula is C11H14ClN. The quantitative estimate of drug-likeness (QED) is 0.704. The predicted molar refractivity (Wildman–Crippen MR) is 54.9 cm³/mol. The first-order valence-electron chi connectivity index (χ1n) is 4.80. The van der Waals surface area contributed by atoms with Crippen molar-refractivity contribution in [2.24, 2.45) is 11.8 Å². The Labute approximate surface area is 84.1 Å². The molecule has 0 aromatic carbocycles. The number of pyridine rings is 1. The van der Waals surface area contributed by atoms with E-state index in [4.69, 9.17) is 11.6 Å². The number of nitrogens with zero attached hydrogens (tertiary/aromatic N) is 1. The standard InChI is InChI=1S/C11H14ClN/c1-7(2)9-5-10(9)11-4-3-8(12)6-13-11/h3-4,6-7,9-10H,5H2,1-2H3/t9-,10+/m1/s1. The predicted octanol–water partition coefficient (Wildman–Crippen LogP) is 3.49. The lowest BCUT2D eigenvalue weighted by atomic mass is 10.1. The maximum absolute atomic E-state index is 5.77. The molecule has 0 spiro atoms. The van der Waals surface area contributed by atoms with E-state index < -0.39 is 0 Å². The van der Waals surface area contributed by atoms with Crippen LogP contribution in [0.4, 0.5) is 0 Å². The molecule has 1 heterocycles. The normalized spacial score (nSPS) is 26.5. The van der Waals surface area contributed by atoms with E-state index in [0.717, 1.165) is 16.9 Å². The second-order valence-electron chi connectivity index (χ2n) is 4.15. The SMILES string of the molecule is CC(C)[C@H]1C[C@@H]1c1ccc(Cl)cn1. The first-order valence-corrected chi connectivity index (χ1v) is 5.17. The van der Waals surface area contributed by atoms with Gasteiger partial charge in [0, 0.05) is 17.8 Å². The number of hydrogen-bond donors (Lipinski definition) is 0. The summed E-state index contributed by atoms with van der Waals surface area (Å²) in [5.41, 5.74) is 1.21. The minimum absolute atomic E-state index is 0.692. The van der Waals surface area contributed by atoms with E-state index in [1.165, 1.54) is 12.1 Å². The largest absolute Gasteiger partial charge is 0.259 e. The smallest absolute Gasteiger partial charge is 0.0589 e. The van der Waals surface area contributed by atoms with E-state index in [1.807, 2.05) is 6.07 Å². The molecule has 1 fully saturated rings. The van der Waals surface area contributed by atoms with Gasteiger partial charge in [0.1, 0.15) is 0 Å². The van der Waals surface area contributed by atoms with E-state index in [-0.39, 0.29) is 0 Å². The highest BCUT2D eigenvalue weighted by Gasteiger charge is 2.40. The van der Waals surface area contributed by atoms with E-state index in [0.29, 0.717) is 5.92 Å². The van der Waals surface area contributed by atoms with Crippen LogP contribution in [-0.4, -0.2) is 4.98 Å². The van der Waals surface area contributed by atoms with Crippen molar-refractivity contribution in [2.75, 3.05) is 0 Å². The van der Waals surface area contributed by atoms with Gasteiger partial charge in [0.15, 0.2) is 0 Å². The number of halogens is 1. The molecule has 0 unspecified atom stereocenters. The molecule has 0 aliphatic heterocycles. The van der Waals surface area contributed by atoms with Crippen molar-refractivity contribution >= 4 is 11.6 Å². The highest BCUT2D eigenvalue weighted by Crippen LogP contribution is 2.50. The van der Waals surface area contributed by atoms with Gasteiger partial charge in [-0.2, -0.15) is 0 Å².